The van der Waals surface area contributed by atoms with Gasteiger partial charge in [-0.15, -0.1) is 0 Å². The molecule has 0 spiro atoms. The Bertz CT molecular complexity index is 590. The molecule has 2 fully saturated rings. The summed E-state index contributed by atoms with van der Waals surface area (Å²) in [6, 6.07) is 8.51. The highest BCUT2D eigenvalue weighted by molar-refractivity contribution is 9.10. The molecule has 6 nitrogen and oxygen atoms in total. The normalized spacial score (nSPS) is 25.4. The lowest BCUT2D eigenvalue weighted by Crippen LogP contribution is -2.53. The van der Waals surface area contributed by atoms with Crippen LogP contribution in [0.25, 0.3) is 0 Å². The van der Waals surface area contributed by atoms with E-state index in [-0.39, 0.29) is 18.0 Å². The molecule has 3 atom stereocenters. The van der Waals surface area contributed by atoms with Gasteiger partial charge in [0.1, 0.15) is 6.04 Å². The molecule has 26 heavy (non-hydrogen) atoms. The van der Waals surface area contributed by atoms with E-state index in [2.05, 4.69) is 63.0 Å². The number of carbonyl (C=O) groups excluding carboxylic acids is 1. The van der Waals surface area contributed by atoms with Crippen molar-refractivity contribution in [1.29, 1.82) is 0 Å². The van der Waals surface area contributed by atoms with E-state index in [4.69, 9.17) is 4.74 Å². The zero-order chi connectivity index (χ0) is 18.5. The highest BCUT2D eigenvalue weighted by Crippen LogP contribution is 2.24. The van der Waals surface area contributed by atoms with Crippen LogP contribution in [-0.2, 0) is 9.53 Å². The molecule has 2 saturated heterocycles. The van der Waals surface area contributed by atoms with E-state index < -0.39 is 0 Å². The van der Waals surface area contributed by atoms with Gasteiger partial charge < -0.3 is 10.1 Å². The lowest BCUT2D eigenvalue weighted by molar-refractivity contribution is -0.123. The monoisotopic (exact) mass is 424 g/mol. The summed E-state index contributed by atoms with van der Waals surface area (Å²) in [5, 5.41) is 3.15. The van der Waals surface area contributed by atoms with Gasteiger partial charge in [-0.3, -0.25) is 9.69 Å². The second-order valence-electron chi connectivity index (χ2n) is 7.39. The average Bonchev–Trinajstić information content (AvgIpc) is 3.13. The Morgan fingerprint density at radius 3 is 2.62 bits per heavy atom. The third kappa shape index (κ3) is 5.04. The van der Waals surface area contributed by atoms with E-state index in [1.807, 2.05) is 12.1 Å². The lowest BCUT2D eigenvalue weighted by Gasteiger charge is -2.37. The molecule has 0 radical (unpaired) electrons. The van der Waals surface area contributed by atoms with Crippen molar-refractivity contribution in [2.75, 3.05) is 32.8 Å². The first-order valence-electron chi connectivity index (χ1n) is 9.40. The van der Waals surface area contributed by atoms with Crippen LogP contribution in [0.15, 0.2) is 28.7 Å². The first-order valence-corrected chi connectivity index (χ1v) is 10.2. The van der Waals surface area contributed by atoms with E-state index in [1.165, 1.54) is 5.56 Å². The van der Waals surface area contributed by atoms with Crippen molar-refractivity contribution in [3.8, 4) is 0 Å². The maximum absolute atomic E-state index is 12.6. The van der Waals surface area contributed by atoms with Crippen LogP contribution < -0.4 is 16.2 Å². The van der Waals surface area contributed by atoms with Crippen LogP contribution >= 0.6 is 15.9 Å². The van der Waals surface area contributed by atoms with Gasteiger partial charge in [0.25, 0.3) is 0 Å². The fourth-order valence-electron chi connectivity index (χ4n) is 3.67. The molecule has 1 amide bonds. The zero-order valence-corrected chi connectivity index (χ0v) is 17.1. The summed E-state index contributed by atoms with van der Waals surface area (Å²) in [4.78, 5) is 15.1. The van der Waals surface area contributed by atoms with Crippen LogP contribution in [0.3, 0.4) is 0 Å². The first-order chi connectivity index (χ1) is 12.5. The van der Waals surface area contributed by atoms with Crippen molar-refractivity contribution in [2.24, 2.45) is 5.92 Å². The second kappa shape index (κ2) is 9.28. The maximum atomic E-state index is 12.6. The number of benzene rings is 1. The molecule has 2 aliphatic rings. The second-order valence-corrected chi connectivity index (χ2v) is 8.30. The Hall–Kier alpha value is -0.990. The van der Waals surface area contributed by atoms with Crippen LogP contribution in [0.5, 0.6) is 0 Å². The molecule has 1 aromatic rings. The van der Waals surface area contributed by atoms with Gasteiger partial charge in [0.2, 0.25) is 5.91 Å². The Morgan fingerprint density at radius 1 is 1.27 bits per heavy atom. The van der Waals surface area contributed by atoms with Crippen molar-refractivity contribution < 1.29 is 9.53 Å². The summed E-state index contributed by atoms with van der Waals surface area (Å²) in [5.41, 5.74) is 7.57. The third-order valence-corrected chi connectivity index (χ3v) is 5.79. The fraction of sp³-hybridized carbons (Fsp3) is 0.632. The zero-order valence-electron chi connectivity index (χ0n) is 15.5. The van der Waals surface area contributed by atoms with Crippen LogP contribution in [-0.4, -0.2) is 55.7 Å². The predicted octanol–water partition coefficient (Wildman–Crippen LogP) is 1.83. The van der Waals surface area contributed by atoms with Crippen molar-refractivity contribution in [1.82, 2.24) is 21.1 Å². The van der Waals surface area contributed by atoms with Gasteiger partial charge in [0.15, 0.2) is 0 Å². The predicted molar refractivity (Wildman–Crippen MR) is 106 cm³/mol. The van der Waals surface area contributed by atoms with Gasteiger partial charge in [-0.2, -0.15) is 0 Å². The largest absolute Gasteiger partial charge is 0.379 e. The Labute approximate surface area is 164 Å². The molecule has 0 aromatic heterocycles. The minimum Gasteiger partial charge on any atom is -0.379 e. The molecule has 144 valence electrons. The van der Waals surface area contributed by atoms with Crippen molar-refractivity contribution in [2.45, 2.75) is 38.4 Å². The molecule has 3 N–H and O–H groups in total. The molecule has 3 unspecified atom stereocenters. The van der Waals surface area contributed by atoms with Gasteiger partial charge >= 0.3 is 0 Å². The molecule has 0 bridgehead atoms. The highest BCUT2D eigenvalue weighted by Gasteiger charge is 2.31. The smallest absolute Gasteiger partial charge is 0.238 e. The number of nitrogens with one attached hydrogen (secondary N) is 3. The first kappa shape index (κ1) is 19.8. The van der Waals surface area contributed by atoms with Gasteiger partial charge in [-0.1, -0.05) is 41.9 Å². The number of hydrogen-bond donors (Lipinski definition) is 3. The Morgan fingerprint density at radius 2 is 1.96 bits per heavy atom. The molecule has 3 rings (SSSR count). The number of hydrogen-bond acceptors (Lipinski definition) is 5. The van der Waals surface area contributed by atoms with Crippen LogP contribution in [0, 0.1) is 5.92 Å². The van der Waals surface area contributed by atoms with Crippen LogP contribution in [0.2, 0.25) is 0 Å². The number of morpholine rings is 1. The molecule has 7 heteroatoms. The molecule has 0 aliphatic carbocycles. The van der Waals surface area contributed by atoms with E-state index in [0.29, 0.717) is 18.5 Å². The molecular formula is C19H29BrN4O2. The minimum atomic E-state index is -0.207. The quantitative estimate of drug-likeness (QED) is 0.649. The minimum absolute atomic E-state index is 0.0658. The van der Waals surface area contributed by atoms with E-state index in [9.17, 15) is 4.79 Å². The SMILES string of the molecule is CC(C)C(CNC(=O)C1CC(c2ccc(Br)cc2)NN1)N1CCOCC1. The van der Waals surface area contributed by atoms with Crippen molar-refractivity contribution in [3.05, 3.63) is 34.3 Å². The molecular weight excluding hydrogens is 396 g/mol. The van der Waals surface area contributed by atoms with Gasteiger partial charge in [-0.25, -0.2) is 10.9 Å². The average molecular weight is 425 g/mol. The number of amides is 1. The Kier molecular flexibility index (Phi) is 7.05. The van der Waals surface area contributed by atoms with Gasteiger partial charge in [-0.05, 0) is 30.0 Å². The van der Waals surface area contributed by atoms with Crippen molar-refractivity contribution >= 4 is 21.8 Å². The summed E-state index contributed by atoms with van der Waals surface area (Å²) in [6.45, 7) is 8.54. The Balaban J connectivity index is 1.50. The number of ether oxygens (including phenoxy) is 1. The van der Waals surface area contributed by atoms with Crippen LogP contribution in [0.4, 0.5) is 0 Å². The molecule has 1 aromatic carbocycles. The summed E-state index contributed by atoms with van der Waals surface area (Å²) in [5.74, 6) is 0.551. The highest BCUT2D eigenvalue weighted by atomic mass is 79.9. The van der Waals surface area contributed by atoms with Crippen molar-refractivity contribution in [3.63, 3.8) is 0 Å². The number of carbonyl (C=O) groups is 1. The summed E-state index contributed by atoms with van der Waals surface area (Å²) < 4.78 is 6.51. The number of hydrazine groups is 1. The lowest BCUT2D eigenvalue weighted by atomic mass is 10.0. The van der Waals surface area contributed by atoms with E-state index >= 15 is 0 Å². The standard InChI is InChI=1S/C19H29BrN4O2/c1-13(2)18(24-7-9-26-10-8-24)12-21-19(25)17-11-16(22-23-17)14-3-5-15(20)6-4-14/h3-6,13,16-18,22-23H,7-12H2,1-2H3,(H,21,25). The van der Waals surface area contributed by atoms with Gasteiger partial charge in [0.05, 0.1) is 13.2 Å². The number of halogens is 1. The number of nitrogens with zero attached hydrogens (tertiary/aromatic N) is 1. The molecule has 2 aliphatic heterocycles. The third-order valence-electron chi connectivity index (χ3n) is 5.26. The summed E-state index contributed by atoms with van der Waals surface area (Å²) in [7, 11) is 0. The molecule has 0 saturated carbocycles. The van der Waals surface area contributed by atoms with E-state index in [1.54, 1.807) is 0 Å². The summed E-state index contributed by atoms with van der Waals surface area (Å²) >= 11 is 3.46. The number of rotatable bonds is 6. The molecule has 2 heterocycles. The summed E-state index contributed by atoms with van der Waals surface area (Å²) in [6.07, 6.45) is 0.747. The topological polar surface area (TPSA) is 65.6 Å². The van der Waals surface area contributed by atoms with Crippen LogP contribution in [0.1, 0.15) is 31.9 Å². The van der Waals surface area contributed by atoms with Gasteiger partial charge in [0, 0.05) is 36.2 Å². The fourth-order valence-corrected chi connectivity index (χ4v) is 3.93. The maximum Gasteiger partial charge on any atom is 0.238 e. The van der Waals surface area contributed by atoms with E-state index in [0.717, 1.165) is 37.2 Å².